The number of benzene rings is 1. The van der Waals surface area contributed by atoms with E-state index in [1.807, 2.05) is 24.3 Å². The maximum absolute atomic E-state index is 9.64. The summed E-state index contributed by atoms with van der Waals surface area (Å²) in [5.41, 5.74) is 0.783. The van der Waals surface area contributed by atoms with Crippen molar-refractivity contribution in [2.24, 2.45) is 0 Å². The number of aliphatic hydroxyl groups is 2. The van der Waals surface area contributed by atoms with Crippen LogP contribution in [0.1, 0.15) is 141 Å². The van der Waals surface area contributed by atoms with Crippen molar-refractivity contribution in [2.45, 2.75) is 142 Å². The van der Waals surface area contributed by atoms with Gasteiger partial charge in [-0.05, 0) is 56.7 Å². The Morgan fingerprint density at radius 2 is 1.18 bits per heavy atom. The second-order valence-corrected chi connectivity index (χ2v) is 10.8. The maximum Gasteiger partial charge on any atom is 0.125 e. The molecule has 0 aliphatic carbocycles. The molecular formula is C35H64O5. The predicted molar refractivity (Wildman–Crippen MR) is 171 cm³/mol. The minimum Gasteiger partial charge on any atom is -0.494 e. The molecule has 1 aromatic carbocycles. The molecule has 5 nitrogen and oxygen atoms in total. The van der Waals surface area contributed by atoms with Crippen molar-refractivity contribution in [3.05, 3.63) is 36.4 Å². The summed E-state index contributed by atoms with van der Waals surface area (Å²) in [5, 5.41) is 18.4. The first kappa shape index (κ1) is 38.4. The van der Waals surface area contributed by atoms with Crippen LogP contribution in [0.5, 0.6) is 11.5 Å². The van der Waals surface area contributed by atoms with Gasteiger partial charge in [-0.1, -0.05) is 103 Å². The minimum absolute atomic E-state index is 0.0448. The van der Waals surface area contributed by atoms with Gasteiger partial charge >= 0.3 is 0 Å². The van der Waals surface area contributed by atoms with E-state index < -0.39 is 0 Å². The van der Waals surface area contributed by atoms with E-state index in [4.69, 9.17) is 19.3 Å². The first-order chi connectivity index (χ1) is 19.7. The third kappa shape index (κ3) is 25.4. The summed E-state index contributed by atoms with van der Waals surface area (Å²) < 4.78 is 16.7. The van der Waals surface area contributed by atoms with Gasteiger partial charge in [0.25, 0.3) is 0 Å². The largest absolute Gasteiger partial charge is 0.494 e. The van der Waals surface area contributed by atoms with Crippen LogP contribution < -0.4 is 9.47 Å². The minimum atomic E-state index is -0.0448. The van der Waals surface area contributed by atoms with E-state index in [9.17, 15) is 5.11 Å². The Bertz CT molecular complexity index is 649. The summed E-state index contributed by atoms with van der Waals surface area (Å²) in [6.07, 6.45) is 26.6. The van der Waals surface area contributed by atoms with Crippen molar-refractivity contribution in [2.75, 3.05) is 33.5 Å². The second-order valence-electron chi connectivity index (χ2n) is 10.8. The van der Waals surface area contributed by atoms with Crippen molar-refractivity contribution < 1.29 is 24.4 Å². The number of aliphatic hydroxyl groups excluding tert-OH is 2. The normalized spacial score (nSPS) is 10.7. The zero-order valence-corrected chi connectivity index (χ0v) is 26.3. The molecule has 0 aromatic heterocycles. The Morgan fingerprint density at radius 3 is 1.73 bits per heavy atom. The number of methoxy groups -OCH3 is 1. The van der Waals surface area contributed by atoms with Gasteiger partial charge < -0.3 is 24.4 Å². The van der Waals surface area contributed by atoms with Gasteiger partial charge in [-0.15, -0.1) is 6.58 Å². The van der Waals surface area contributed by atoms with Crippen LogP contribution in [-0.2, 0) is 11.3 Å². The van der Waals surface area contributed by atoms with Crippen molar-refractivity contribution in [3.63, 3.8) is 0 Å². The molecule has 1 aromatic rings. The van der Waals surface area contributed by atoms with E-state index in [1.54, 1.807) is 7.11 Å². The average Bonchev–Trinajstić information content (AvgIpc) is 2.98. The molecule has 0 aliphatic rings. The third-order valence-electron chi connectivity index (χ3n) is 7.04. The number of ether oxygens (including phenoxy) is 3. The highest BCUT2D eigenvalue weighted by Crippen LogP contribution is 2.25. The highest BCUT2D eigenvalue weighted by atomic mass is 16.5. The van der Waals surface area contributed by atoms with Crippen LogP contribution in [0.3, 0.4) is 0 Å². The highest BCUT2D eigenvalue weighted by Gasteiger charge is 2.06. The van der Waals surface area contributed by atoms with Crippen molar-refractivity contribution in [1.29, 1.82) is 0 Å². The molecule has 0 spiro atoms. The monoisotopic (exact) mass is 564 g/mol. The molecule has 0 saturated carbocycles. The lowest BCUT2D eigenvalue weighted by Crippen LogP contribution is -2.02. The average molecular weight is 565 g/mol. The molecule has 0 heterocycles. The van der Waals surface area contributed by atoms with Gasteiger partial charge in [0.05, 0.1) is 19.8 Å². The summed E-state index contributed by atoms with van der Waals surface area (Å²) in [6.45, 7) is 8.45. The van der Waals surface area contributed by atoms with Gasteiger partial charge in [-0.25, -0.2) is 0 Å². The molecule has 0 unspecified atom stereocenters. The van der Waals surface area contributed by atoms with Crippen LogP contribution in [0, 0.1) is 0 Å². The van der Waals surface area contributed by atoms with Gasteiger partial charge in [-0.2, -0.15) is 0 Å². The molecule has 0 radical (unpaired) electrons. The fourth-order valence-corrected chi connectivity index (χ4v) is 4.50. The standard InChI is InChI=1S/C24H42O5.C11H22/c1-27-17-11-7-4-5-9-13-19-29-24-15-14-23(20-22(24)21-26)28-18-12-8-3-2-6-10-16-25;1-3-5-7-9-11-10-8-6-4-2/h14-15,20,25-26H,2-13,16-19,21H2,1H3;3H,1,4-11H2,2H3. The number of rotatable bonds is 28. The lowest BCUT2D eigenvalue weighted by atomic mass is 10.1. The van der Waals surface area contributed by atoms with Gasteiger partial charge in [0.1, 0.15) is 11.5 Å². The van der Waals surface area contributed by atoms with E-state index in [1.165, 1.54) is 89.9 Å². The quantitative estimate of drug-likeness (QED) is 0.0783. The fourth-order valence-electron chi connectivity index (χ4n) is 4.50. The van der Waals surface area contributed by atoms with Gasteiger partial charge in [0.15, 0.2) is 0 Å². The van der Waals surface area contributed by atoms with E-state index in [2.05, 4.69) is 13.5 Å². The molecule has 40 heavy (non-hydrogen) atoms. The summed E-state index contributed by atoms with van der Waals surface area (Å²) in [6, 6.07) is 5.71. The first-order valence-electron chi connectivity index (χ1n) is 16.4. The third-order valence-corrected chi connectivity index (χ3v) is 7.04. The van der Waals surface area contributed by atoms with Crippen molar-refractivity contribution >= 4 is 0 Å². The maximum atomic E-state index is 9.64. The summed E-state index contributed by atoms with van der Waals surface area (Å²) >= 11 is 0. The second kappa shape index (κ2) is 32.0. The van der Waals surface area contributed by atoms with Gasteiger partial charge in [0, 0.05) is 25.9 Å². The zero-order chi connectivity index (χ0) is 29.4. The molecule has 0 bridgehead atoms. The molecule has 234 valence electrons. The Kier molecular flexibility index (Phi) is 30.7. The predicted octanol–water partition coefficient (Wildman–Crippen LogP) is 9.57. The smallest absolute Gasteiger partial charge is 0.125 e. The molecule has 0 amide bonds. The summed E-state index contributed by atoms with van der Waals surface area (Å²) in [7, 11) is 1.75. The van der Waals surface area contributed by atoms with Crippen LogP contribution in [0.25, 0.3) is 0 Å². The van der Waals surface area contributed by atoms with Gasteiger partial charge in [-0.3, -0.25) is 0 Å². The fraction of sp³-hybridized carbons (Fsp3) is 0.771. The Morgan fingerprint density at radius 1 is 0.650 bits per heavy atom. The molecule has 2 N–H and O–H groups in total. The molecule has 0 saturated heterocycles. The molecule has 0 aliphatic heterocycles. The highest BCUT2D eigenvalue weighted by molar-refractivity contribution is 5.39. The summed E-state index contributed by atoms with van der Waals surface area (Å²) in [4.78, 5) is 0. The molecule has 0 atom stereocenters. The number of allylic oxidation sites excluding steroid dienone is 1. The van der Waals surface area contributed by atoms with Crippen LogP contribution >= 0.6 is 0 Å². The summed E-state index contributed by atoms with van der Waals surface area (Å²) in [5.74, 6) is 1.54. The lowest BCUT2D eigenvalue weighted by Gasteiger charge is -2.13. The van der Waals surface area contributed by atoms with Crippen LogP contribution in [0.2, 0.25) is 0 Å². The first-order valence-corrected chi connectivity index (χ1v) is 16.4. The van der Waals surface area contributed by atoms with Crippen LogP contribution in [0.4, 0.5) is 0 Å². The van der Waals surface area contributed by atoms with E-state index in [-0.39, 0.29) is 6.61 Å². The molecule has 5 heteroatoms. The Labute approximate surface area is 247 Å². The number of hydrogen-bond acceptors (Lipinski definition) is 5. The SMILES string of the molecule is C=CCCCCCCCCC.COCCCCCCCCOc1ccc(OCCCCCCCCO)cc1CO. The Hall–Kier alpha value is -1.56. The van der Waals surface area contributed by atoms with Crippen molar-refractivity contribution in [1.82, 2.24) is 0 Å². The van der Waals surface area contributed by atoms with Gasteiger partial charge in [0.2, 0.25) is 0 Å². The zero-order valence-electron chi connectivity index (χ0n) is 26.3. The lowest BCUT2D eigenvalue weighted by molar-refractivity contribution is 0.191. The van der Waals surface area contributed by atoms with E-state index >= 15 is 0 Å². The molecule has 0 fully saturated rings. The Balaban J connectivity index is 0.00000116. The van der Waals surface area contributed by atoms with Crippen LogP contribution in [0.15, 0.2) is 30.9 Å². The van der Waals surface area contributed by atoms with Crippen molar-refractivity contribution in [3.8, 4) is 11.5 Å². The molecular weight excluding hydrogens is 500 g/mol. The number of unbranched alkanes of at least 4 members (excludes halogenated alkanes) is 17. The topological polar surface area (TPSA) is 68.2 Å². The van der Waals surface area contributed by atoms with E-state index in [0.29, 0.717) is 19.8 Å². The van der Waals surface area contributed by atoms with Crippen LogP contribution in [-0.4, -0.2) is 43.8 Å². The molecule has 1 rings (SSSR count). The number of hydrogen-bond donors (Lipinski definition) is 2. The van der Waals surface area contributed by atoms with E-state index in [0.717, 1.165) is 62.2 Å².